The highest BCUT2D eigenvalue weighted by atomic mass is 32.2. The van der Waals surface area contributed by atoms with Crippen molar-refractivity contribution in [2.45, 2.75) is 64.5 Å². The maximum absolute atomic E-state index is 12.7. The number of carbonyl (C=O) groups excluding carboxylic acids is 1. The van der Waals surface area contributed by atoms with Gasteiger partial charge in [0.1, 0.15) is 16.5 Å². The van der Waals surface area contributed by atoms with Gasteiger partial charge in [-0.1, -0.05) is 31.5 Å². The van der Waals surface area contributed by atoms with Crippen LogP contribution in [0.25, 0.3) is 0 Å². The Balaban J connectivity index is 1.43. The molecule has 1 fully saturated rings. The second-order valence-corrected chi connectivity index (χ2v) is 9.91. The molecule has 0 unspecified atom stereocenters. The number of benzene rings is 2. The molecule has 0 saturated heterocycles. The lowest BCUT2D eigenvalue weighted by Crippen LogP contribution is -2.25. The van der Waals surface area contributed by atoms with Crippen molar-refractivity contribution in [3.63, 3.8) is 0 Å². The summed E-state index contributed by atoms with van der Waals surface area (Å²) in [6.07, 6.45) is 7.61. The molecule has 2 aliphatic rings. The standard InChI is InChI=1S/C28H35N3O3S/c1-3-5-19-34-24-13-9-21(10-14-24)26-27(31-28(30-26)17-7-6-8-18-28)35-20-25(32)29-22-11-15-23(16-12-22)33-4-2/h9-16H,3-8,17-20H2,1-2H3,(H,29,32). The minimum absolute atomic E-state index is 0.0644. The van der Waals surface area contributed by atoms with E-state index in [0.717, 1.165) is 78.6 Å². The molecule has 0 bridgehead atoms. The summed E-state index contributed by atoms with van der Waals surface area (Å²) < 4.78 is 11.3. The highest BCUT2D eigenvalue weighted by Gasteiger charge is 2.37. The summed E-state index contributed by atoms with van der Waals surface area (Å²) >= 11 is 1.47. The van der Waals surface area contributed by atoms with E-state index in [1.54, 1.807) is 0 Å². The zero-order valence-corrected chi connectivity index (χ0v) is 21.5. The summed E-state index contributed by atoms with van der Waals surface area (Å²) in [6.45, 7) is 5.45. The Bertz CT molecular complexity index is 1040. The Kier molecular flexibility index (Phi) is 8.85. The van der Waals surface area contributed by atoms with Gasteiger partial charge < -0.3 is 14.8 Å². The van der Waals surface area contributed by atoms with Crippen LogP contribution in [0.1, 0.15) is 64.4 Å². The van der Waals surface area contributed by atoms with Crippen molar-refractivity contribution in [1.82, 2.24) is 0 Å². The Hall–Kier alpha value is -2.80. The first-order valence-electron chi connectivity index (χ1n) is 12.7. The normalized spacial score (nSPS) is 16.5. The number of anilines is 1. The van der Waals surface area contributed by atoms with Crippen LogP contribution < -0.4 is 14.8 Å². The van der Waals surface area contributed by atoms with Gasteiger partial charge in [-0.25, -0.2) is 4.99 Å². The molecule has 1 spiro atoms. The fourth-order valence-corrected chi connectivity index (χ4v) is 5.20. The lowest BCUT2D eigenvalue weighted by atomic mass is 9.90. The van der Waals surface area contributed by atoms with Crippen LogP contribution in [0.15, 0.2) is 58.5 Å². The molecule has 2 aromatic rings. The Morgan fingerprint density at radius 3 is 2.31 bits per heavy atom. The number of hydrogen-bond acceptors (Lipinski definition) is 6. The van der Waals surface area contributed by atoms with Crippen LogP contribution >= 0.6 is 11.8 Å². The average Bonchev–Trinajstić information content (AvgIpc) is 3.22. The Morgan fingerprint density at radius 1 is 0.943 bits per heavy atom. The predicted octanol–water partition coefficient (Wildman–Crippen LogP) is 6.50. The second kappa shape index (κ2) is 12.2. The maximum Gasteiger partial charge on any atom is 0.234 e. The number of nitrogens with one attached hydrogen (secondary N) is 1. The third-order valence-electron chi connectivity index (χ3n) is 6.17. The van der Waals surface area contributed by atoms with Gasteiger partial charge in [0, 0.05) is 11.3 Å². The van der Waals surface area contributed by atoms with E-state index < -0.39 is 0 Å². The third-order valence-corrected chi connectivity index (χ3v) is 7.13. The third kappa shape index (κ3) is 6.88. The molecule has 2 aromatic carbocycles. The topological polar surface area (TPSA) is 72.3 Å². The zero-order valence-electron chi connectivity index (χ0n) is 20.7. The molecule has 1 heterocycles. The van der Waals surface area contributed by atoms with E-state index in [4.69, 9.17) is 19.5 Å². The summed E-state index contributed by atoms with van der Waals surface area (Å²) in [5.74, 6) is 1.87. The summed E-state index contributed by atoms with van der Waals surface area (Å²) in [5.41, 5.74) is 2.31. The van der Waals surface area contributed by atoms with Crippen LogP contribution in [-0.4, -0.2) is 41.3 Å². The number of carbonyl (C=O) groups is 1. The highest BCUT2D eigenvalue weighted by molar-refractivity contribution is 8.16. The van der Waals surface area contributed by atoms with E-state index in [1.807, 2.05) is 43.3 Å². The van der Waals surface area contributed by atoms with Gasteiger partial charge in [-0.3, -0.25) is 9.79 Å². The van der Waals surface area contributed by atoms with E-state index in [9.17, 15) is 4.79 Å². The molecule has 0 radical (unpaired) electrons. The number of unbranched alkanes of at least 4 members (excludes halogenated alkanes) is 1. The van der Waals surface area contributed by atoms with Crippen LogP contribution in [0.5, 0.6) is 11.5 Å². The van der Waals surface area contributed by atoms with Gasteiger partial charge in [-0.2, -0.15) is 0 Å². The Labute approximate surface area is 212 Å². The van der Waals surface area contributed by atoms with Crippen molar-refractivity contribution in [3.8, 4) is 11.5 Å². The highest BCUT2D eigenvalue weighted by Crippen LogP contribution is 2.39. The monoisotopic (exact) mass is 493 g/mol. The van der Waals surface area contributed by atoms with Gasteiger partial charge in [0.25, 0.3) is 0 Å². The molecule has 7 heteroatoms. The van der Waals surface area contributed by atoms with Gasteiger partial charge in [0.05, 0.1) is 24.7 Å². The van der Waals surface area contributed by atoms with Crippen molar-refractivity contribution in [3.05, 3.63) is 54.1 Å². The largest absolute Gasteiger partial charge is 0.494 e. The van der Waals surface area contributed by atoms with E-state index in [0.29, 0.717) is 6.61 Å². The quantitative estimate of drug-likeness (QED) is 0.384. The number of nitrogens with zero attached hydrogens (tertiary/aromatic N) is 2. The molecule has 1 N–H and O–H groups in total. The fraction of sp³-hybridized carbons (Fsp3) is 0.464. The Morgan fingerprint density at radius 2 is 1.63 bits per heavy atom. The number of aliphatic imine (C=N–C) groups is 2. The van der Waals surface area contributed by atoms with Gasteiger partial charge in [-0.05, 0) is 87.6 Å². The molecule has 1 aliphatic heterocycles. The number of hydrogen-bond donors (Lipinski definition) is 1. The van der Waals surface area contributed by atoms with Crippen LogP contribution in [0, 0.1) is 0 Å². The maximum atomic E-state index is 12.7. The second-order valence-electron chi connectivity index (χ2n) is 8.94. The minimum atomic E-state index is -0.363. The first-order chi connectivity index (χ1) is 17.1. The molecule has 1 amide bonds. The van der Waals surface area contributed by atoms with E-state index >= 15 is 0 Å². The van der Waals surface area contributed by atoms with Gasteiger partial charge in [0.15, 0.2) is 5.66 Å². The number of amides is 1. The first-order valence-corrected chi connectivity index (χ1v) is 13.7. The number of thioether (sulfide) groups is 1. The summed E-state index contributed by atoms with van der Waals surface area (Å²) in [7, 11) is 0. The molecule has 35 heavy (non-hydrogen) atoms. The summed E-state index contributed by atoms with van der Waals surface area (Å²) in [5, 5.41) is 3.82. The summed E-state index contributed by atoms with van der Waals surface area (Å²) in [6, 6.07) is 15.5. The number of ether oxygens (including phenoxy) is 2. The van der Waals surface area contributed by atoms with Crippen LogP contribution in [0.2, 0.25) is 0 Å². The lowest BCUT2D eigenvalue weighted by Gasteiger charge is -2.27. The van der Waals surface area contributed by atoms with Gasteiger partial charge >= 0.3 is 0 Å². The average molecular weight is 494 g/mol. The first kappa shape index (κ1) is 25.3. The lowest BCUT2D eigenvalue weighted by molar-refractivity contribution is -0.113. The van der Waals surface area contributed by atoms with Crippen LogP contribution in [0.4, 0.5) is 5.69 Å². The molecule has 1 saturated carbocycles. The van der Waals surface area contributed by atoms with Crippen molar-refractivity contribution < 1.29 is 14.3 Å². The number of rotatable bonds is 10. The molecule has 0 aromatic heterocycles. The van der Waals surface area contributed by atoms with E-state index in [-0.39, 0.29) is 17.3 Å². The molecule has 0 atom stereocenters. The van der Waals surface area contributed by atoms with Crippen molar-refractivity contribution >= 4 is 34.1 Å². The van der Waals surface area contributed by atoms with Crippen LogP contribution in [-0.2, 0) is 4.79 Å². The van der Waals surface area contributed by atoms with Gasteiger partial charge in [0.2, 0.25) is 5.91 Å². The minimum Gasteiger partial charge on any atom is -0.494 e. The van der Waals surface area contributed by atoms with E-state index in [2.05, 4.69) is 24.4 Å². The molecule has 6 nitrogen and oxygen atoms in total. The van der Waals surface area contributed by atoms with Crippen LogP contribution in [0.3, 0.4) is 0 Å². The predicted molar refractivity (Wildman–Crippen MR) is 145 cm³/mol. The van der Waals surface area contributed by atoms with Gasteiger partial charge in [-0.15, -0.1) is 0 Å². The summed E-state index contributed by atoms with van der Waals surface area (Å²) in [4.78, 5) is 22.9. The van der Waals surface area contributed by atoms with Crippen molar-refractivity contribution in [2.75, 3.05) is 24.3 Å². The molecule has 1 aliphatic carbocycles. The zero-order chi connectivity index (χ0) is 24.5. The molecular weight excluding hydrogens is 458 g/mol. The van der Waals surface area contributed by atoms with Crippen molar-refractivity contribution in [2.24, 2.45) is 9.98 Å². The molecule has 4 rings (SSSR count). The van der Waals surface area contributed by atoms with Crippen molar-refractivity contribution in [1.29, 1.82) is 0 Å². The van der Waals surface area contributed by atoms with E-state index in [1.165, 1.54) is 18.2 Å². The smallest absolute Gasteiger partial charge is 0.234 e. The molecule has 186 valence electrons. The SMILES string of the molecule is CCCCOc1ccc(C2=NC3(CCCCC3)N=C2SCC(=O)Nc2ccc(OCC)cc2)cc1. The fourth-order valence-electron chi connectivity index (χ4n) is 4.33. The molecular formula is C28H35N3O3S.